The Bertz CT molecular complexity index is 741. The number of aryl methyl sites for hydroxylation is 2. The first-order valence-corrected chi connectivity index (χ1v) is 8.60. The number of rotatable bonds is 6. The second-order valence-corrected chi connectivity index (χ2v) is 6.05. The van der Waals surface area contributed by atoms with Gasteiger partial charge in [0.2, 0.25) is 0 Å². The van der Waals surface area contributed by atoms with E-state index in [0.717, 1.165) is 27.8 Å². The lowest BCUT2D eigenvalue weighted by Gasteiger charge is -2.14. The van der Waals surface area contributed by atoms with E-state index in [1.807, 2.05) is 32.0 Å². The summed E-state index contributed by atoms with van der Waals surface area (Å²) in [5, 5.41) is 0. The zero-order chi connectivity index (χ0) is 17.7. The Kier molecular flexibility index (Phi) is 6.38. The molecule has 0 bridgehead atoms. The maximum atomic E-state index is 14.4. The number of hydrogen-bond donors (Lipinski definition) is 0. The van der Waals surface area contributed by atoms with Crippen LogP contribution in [0, 0.1) is 19.7 Å². The van der Waals surface area contributed by atoms with Gasteiger partial charge in [-0.3, -0.25) is 4.79 Å². The zero-order valence-corrected chi connectivity index (χ0v) is 15.0. The van der Waals surface area contributed by atoms with E-state index < -0.39 is 0 Å². The molecular formula is C20H22ClFO2. The summed E-state index contributed by atoms with van der Waals surface area (Å²) in [6.07, 6.45) is 0.826. The Morgan fingerprint density at radius 3 is 2.58 bits per heavy atom. The number of alkyl halides is 1. The van der Waals surface area contributed by atoms with Gasteiger partial charge in [0, 0.05) is 17.9 Å². The number of benzene rings is 2. The quantitative estimate of drug-likeness (QED) is 0.520. The van der Waals surface area contributed by atoms with Crippen LogP contribution in [0.15, 0.2) is 30.3 Å². The molecule has 0 aliphatic rings. The van der Waals surface area contributed by atoms with Gasteiger partial charge >= 0.3 is 5.97 Å². The number of hydrogen-bond acceptors (Lipinski definition) is 2. The van der Waals surface area contributed by atoms with E-state index in [-0.39, 0.29) is 11.8 Å². The minimum absolute atomic E-state index is 0.234. The van der Waals surface area contributed by atoms with E-state index in [1.54, 1.807) is 13.0 Å². The highest BCUT2D eigenvalue weighted by molar-refractivity contribution is 6.17. The minimum Gasteiger partial charge on any atom is -0.466 e. The number of esters is 1. The van der Waals surface area contributed by atoms with Gasteiger partial charge in [-0.15, -0.1) is 11.6 Å². The van der Waals surface area contributed by atoms with E-state index >= 15 is 0 Å². The van der Waals surface area contributed by atoms with Crippen molar-refractivity contribution in [1.29, 1.82) is 0 Å². The second kappa shape index (κ2) is 8.29. The highest BCUT2D eigenvalue weighted by atomic mass is 35.5. The van der Waals surface area contributed by atoms with Crippen molar-refractivity contribution in [2.24, 2.45) is 0 Å². The van der Waals surface area contributed by atoms with Crippen LogP contribution in [-0.4, -0.2) is 12.6 Å². The van der Waals surface area contributed by atoms with Crippen molar-refractivity contribution in [3.05, 3.63) is 58.4 Å². The van der Waals surface area contributed by atoms with Crippen LogP contribution in [0.5, 0.6) is 0 Å². The molecule has 0 saturated heterocycles. The molecule has 4 heteroatoms. The third kappa shape index (κ3) is 4.15. The average Bonchev–Trinajstić information content (AvgIpc) is 2.56. The second-order valence-electron chi connectivity index (χ2n) is 5.79. The van der Waals surface area contributed by atoms with E-state index in [9.17, 15) is 9.18 Å². The molecule has 2 aromatic carbocycles. The highest BCUT2D eigenvalue weighted by Gasteiger charge is 2.14. The summed E-state index contributed by atoms with van der Waals surface area (Å²) in [6.45, 7) is 6.03. The molecule has 0 spiro atoms. The fourth-order valence-electron chi connectivity index (χ4n) is 2.79. The lowest BCUT2D eigenvalue weighted by Crippen LogP contribution is -2.06. The van der Waals surface area contributed by atoms with Gasteiger partial charge in [0.15, 0.2) is 0 Å². The first kappa shape index (κ1) is 18.5. The van der Waals surface area contributed by atoms with E-state index in [0.29, 0.717) is 30.9 Å². The van der Waals surface area contributed by atoms with Crippen LogP contribution in [0.4, 0.5) is 4.39 Å². The molecule has 2 rings (SSSR count). The maximum Gasteiger partial charge on any atom is 0.306 e. The van der Waals surface area contributed by atoms with Gasteiger partial charge in [-0.05, 0) is 67.1 Å². The van der Waals surface area contributed by atoms with Gasteiger partial charge in [0.1, 0.15) is 5.82 Å². The van der Waals surface area contributed by atoms with Crippen molar-refractivity contribution in [3.8, 4) is 11.1 Å². The highest BCUT2D eigenvalue weighted by Crippen LogP contribution is 2.31. The summed E-state index contributed by atoms with van der Waals surface area (Å²) in [5.41, 5.74) is 5.26. The summed E-state index contributed by atoms with van der Waals surface area (Å²) in [6, 6.07) is 9.00. The summed E-state index contributed by atoms with van der Waals surface area (Å²) in [4.78, 5) is 11.6. The molecule has 0 unspecified atom stereocenters. The van der Waals surface area contributed by atoms with Crippen molar-refractivity contribution in [1.82, 2.24) is 0 Å². The van der Waals surface area contributed by atoms with Crippen molar-refractivity contribution in [3.63, 3.8) is 0 Å². The van der Waals surface area contributed by atoms with Gasteiger partial charge in [-0.25, -0.2) is 4.39 Å². The van der Waals surface area contributed by atoms with Crippen LogP contribution in [0.1, 0.15) is 35.6 Å². The van der Waals surface area contributed by atoms with Crippen LogP contribution in [0.25, 0.3) is 11.1 Å². The van der Waals surface area contributed by atoms with Crippen LogP contribution in [-0.2, 0) is 21.8 Å². The summed E-state index contributed by atoms with van der Waals surface area (Å²) in [7, 11) is 0. The summed E-state index contributed by atoms with van der Waals surface area (Å²) >= 11 is 5.97. The van der Waals surface area contributed by atoms with Gasteiger partial charge in [-0.2, -0.15) is 0 Å². The summed E-state index contributed by atoms with van der Waals surface area (Å²) < 4.78 is 19.4. The van der Waals surface area contributed by atoms with E-state index in [4.69, 9.17) is 16.3 Å². The molecule has 0 saturated carbocycles. The Morgan fingerprint density at radius 1 is 1.17 bits per heavy atom. The van der Waals surface area contributed by atoms with Crippen molar-refractivity contribution >= 4 is 17.6 Å². The number of ether oxygens (including phenoxy) is 1. The van der Waals surface area contributed by atoms with Gasteiger partial charge < -0.3 is 4.74 Å². The molecule has 0 radical (unpaired) electrons. The predicted octanol–water partition coefficient (Wildman–Crippen LogP) is 5.34. The van der Waals surface area contributed by atoms with Gasteiger partial charge in [0.25, 0.3) is 0 Å². The third-order valence-corrected chi connectivity index (χ3v) is 4.50. The SMILES string of the molecule is CCOC(=O)CCc1ccc(F)c(-c2ccc(C)c(CCl)c2)c1C. The molecule has 2 nitrogen and oxygen atoms in total. The van der Waals surface area contributed by atoms with Crippen LogP contribution in [0.3, 0.4) is 0 Å². The molecule has 128 valence electrons. The lowest BCUT2D eigenvalue weighted by atomic mass is 9.92. The summed E-state index contributed by atoms with van der Waals surface area (Å²) in [5.74, 6) is -0.109. The standard InChI is InChI=1S/C20H22ClFO2/c1-4-24-19(23)10-8-15-7-9-18(22)20(14(15)3)16-6-5-13(2)17(11-16)12-21/h5-7,9,11H,4,8,10,12H2,1-3H3. The fraction of sp³-hybridized carbons (Fsp3) is 0.350. The number of carbonyl (C=O) groups is 1. The molecule has 0 fully saturated rings. The first-order valence-electron chi connectivity index (χ1n) is 8.07. The predicted molar refractivity (Wildman–Crippen MR) is 95.8 cm³/mol. The molecule has 0 atom stereocenters. The topological polar surface area (TPSA) is 26.3 Å². The third-order valence-electron chi connectivity index (χ3n) is 4.21. The molecule has 0 heterocycles. The largest absolute Gasteiger partial charge is 0.466 e. The number of carbonyl (C=O) groups excluding carboxylic acids is 1. The molecule has 24 heavy (non-hydrogen) atoms. The normalized spacial score (nSPS) is 10.7. The maximum absolute atomic E-state index is 14.4. The molecule has 2 aromatic rings. The fourth-order valence-corrected chi connectivity index (χ4v) is 3.08. The van der Waals surface area contributed by atoms with Crippen LogP contribution in [0.2, 0.25) is 0 Å². The Labute approximate surface area is 147 Å². The van der Waals surface area contributed by atoms with Crippen molar-refractivity contribution in [2.75, 3.05) is 6.61 Å². The molecule has 0 aromatic heterocycles. The Morgan fingerprint density at radius 2 is 1.92 bits per heavy atom. The minimum atomic E-state index is -0.267. The molecule has 0 amide bonds. The van der Waals surface area contributed by atoms with Gasteiger partial charge in [-0.1, -0.05) is 18.2 Å². The molecular weight excluding hydrogens is 327 g/mol. The van der Waals surface area contributed by atoms with E-state index in [2.05, 4.69) is 0 Å². The smallest absolute Gasteiger partial charge is 0.306 e. The average molecular weight is 349 g/mol. The zero-order valence-electron chi connectivity index (χ0n) is 14.3. The first-order chi connectivity index (χ1) is 11.5. The Hall–Kier alpha value is -1.87. The molecule has 0 N–H and O–H groups in total. The van der Waals surface area contributed by atoms with Crippen molar-refractivity contribution < 1.29 is 13.9 Å². The van der Waals surface area contributed by atoms with E-state index in [1.165, 1.54) is 6.07 Å². The molecule has 0 aliphatic heterocycles. The monoisotopic (exact) mass is 348 g/mol. The Balaban J connectivity index is 2.37. The van der Waals surface area contributed by atoms with Crippen molar-refractivity contribution in [2.45, 2.75) is 39.5 Å². The number of halogens is 2. The molecule has 0 aliphatic carbocycles. The lowest BCUT2D eigenvalue weighted by molar-refractivity contribution is -0.143. The van der Waals surface area contributed by atoms with Crippen LogP contribution >= 0.6 is 11.6 Å². The van der Waals surface area contributed by atoms with Crippen LogP contribution < -0.4 is 0 Å². The van der Waals surface area contributed by atoms with Gasteiger partial charge in [0.05, 0.1) is 6.61 Å².